The van der Waals surface area contributed by atoms with Gasteiger partial charge in [-0.25, -0.2) is 13.8 Å². The van der Waals surface area contributed by atoms with E-state index in [-0.39, 0.29) is 30.8 Å². The Morgan fingerprint density at radius 1 is 1.19 bits per heavy atom. The molecule has 3 aliphatic rings. The van der Waals surface area contributed by atoms with Crippen molar-refractivity contribution in [1.29, 1.82) is 0 Å². The first kappa shape index (κ1) is 22.9. The fraction of sp³-hybridized carbons (Fsp3) is 0.385. The lowest BCUT2D eigenvalue weighted by atomic mass is 9.97. The average Bonchev–Trinajstić information content (AvgIpc) is 3.33. The molecule has 3 aliphatic heterocycles. The summed E-state index contributed by atoms with van der Waals surface area (Å²) in [6.07, 6.45) is 0.964. The summed E-state index contributed by atoms with van der Waals surface area (Å²) in [6.45, 7) is -2.98. The molecular formula is C26H22F4N4O2. The zero-order valence-electron chi connectivity index (χ0n) is 19.3. The van der Waals surface area contributed by atoms with Crippen LogP contribution in [0, 0.1) is 11.8 Å². The third-order valence-corrected chi connectivity index (χ3v) is 7.10. The maximum absolute atomic E-state index is 13.2. The predicted molar refractivity (Wildman–Crippen MR) is 123 cm³/mol. The zero-order chi connectivity index (χ0) is 25.2. The largest absolute Gasteiger partial charge is 0.434 e. The Labute approximate surface area is 204 Å². The molecule has 0 N–H and O–H groups in total. The van der Waals surface area contributed by atoms with Crippen LogP contribution in [0.2, 0.25) is 0 Å². The number of alkyl halides is 4. The van der Waals surface area contributed by atoms with Gasteiger partial charge in [-0.1, -0.05) is 17.9 Å². The van der Waals surface area contributed by atoms with E-state index in [0.29, 0.717) is 41.9 Å². The number of benzene rings is 2. The van der Waals surface area contributed by atoms with Gasteiger partial charge in [0.2, 0.25) is 0 Å². The summed E-state index contributed by atoms with van der Waals surface area (Å²) >= 11 is 0. The van der Waals surface area contributed by atoms with E-state index in [0.717, 1.165) is 11.1 Å². The Morgan fingerprint density at radius 2 is 2.00 bits per heavy atom. The summed E-state index contributed by atoms with van der Waals surface area (Å²) in [5.74, 6) is 3.96. The Morgan fingerprint density at radius 3 is 2.75 bits per heavy atom. The molecule has 6 nitrogen and oxygen atoms in total. The summed E-state index contributed by atoms with van der Waals surface area (Å²) in [5.41, 5.74) is 3.00. The molecular weight excluding hydrogens is 476 g/mol. The molecule has 0 saturated carbocycles. The number of carbonyl (C=O) groups is 1. The monoisotopic (exact) mass is 498 g/mol. The van der Waals surface area contributed by atoms with Crippen LogP contribution in [0.1, 0.15) is 52.2 Å². The number of rotatable bonds is 4. The van der Waals surface area contributed by atoms with Crippen LogP contribution < -0.4 is 4.74 Å². The van der Waals surface area contributed by atoms with Crippen LogP contribution in [0.25, 0.3) is 11.0 Å². The Balaban J connectivity index is 1.37. The number of nitrogens with zero attached hydrogens (tertiary/aromatic N) is 4. The number of likely N-dealkylation sites (tertiary alicyclic amines) is 1. The van der Waals surface area contributed by atoms with Crippen molar-refractivity contribution >= 4 is 16.9 Å². The van der Waals surface area contributed by atoms with Crippen LogP contribution in [0.3, 0.4) is 0 Å². The maximum atomic E-state index is 13.2. The number of carbonyl (C=O) groups excluding carboxylic acids is 1. The second-order valence-corrected chi connectivity index (χ2v) is 9.44. The molecule has 6 rings (SSSR count). The van der Waals surface area contributed by atoms with Gasteiger partial charge in [0.15, 0.2) is 0 Å². The van der Waals surface area contributed by atoms with Gasteiger partial charge in [-0.3, -0.25) is 9.69 Å². The lowest BCUT2D eigenvalue weighted by Crippen LogP contribution is -2.56. The van der Waals surface area contributed by atoms with Gasteiger partial charge >= 0.3 is 6.61 Å². The minimum atomic E-state index is -3.02. The van der Waals surface area contributed by atoms with Crippen LogP contribution in [0.4, 0.5) is 17.6 Å². The molecule has 0 radical (unpaired) electrons. The van der Waals surface area contributed by atoms with E-state index in [4.69, 9.17) is 9.72 Å². The second kappa shape index (κ2) is 8.23. The van der Waals surface area contributed by atoms with Gasteiger partial charge in [-0.15, -0.1) is 0 Å². The van der Waals surface area contributed by atoms with E-state index in [1.807, 2.05) is 22.8 Å². The van der Waals surface area contributed by atoms with Crippen molar-refractivity contribution in [2.75, 3.05) is 26.7 Å². The van der Waals surface area contributed by atoms with E-state index in [2.05, 4.69) is 11.8 Å². The molecule has 1 fully saturated rings. The van der Waals surface area contributed by atoms with E-state index >= 15 is 0 Å². The first-order valence-corrected chi connectivity index (χ1v) is 11.7. The van der Waals surface area contributed by atoms with E-state index < -0.39 is 18.6 Å². The summed E-state index contributed by atoms with van der Waals surface area (Å²) in [7, 11) is 1.69. The number of fused-ring (bicyclic) bond motifs is 9. The smallest absolute Gasteiger partial charge is 0.387 e. The summed E-state index contributed by atoms with van der Waals surface area (Å²) < 4.78 is 59.2. The number of aromatic nitrogens is 2. The highest BCUT2D eigenvalue weighted by atomic mass is 19.3. The topological polar surface area (TPSA) is 50.6 Å². The Kier molecular flexibility index (Phi) is 5.23. The molecule has 186 valence electrons. The van der Waals surface area contributed by atoms with Crippen LogP contribution in [0.5, 0.6) is 5.75 Å². The van der Waals surface area contributed by atoms with Crippen LogP contribution in [0.15, 0.2) is 36.4 Å². The number of hydrogen-bond acceptors (Lipinski definition) is 4. The fourth-order valence-corrected chi connectivity index (χ4v) is 5.50. The molecule has 0 aliphatic carbocycles. The third-order valence-electron chi connectivity index (χ3n) is 7.10. The summed E-state index contributed by atoms with van der Waals surface area (Å²) in [6, 6.07) is 9.49. The molecule has 1 amide bonds. The molecule has 0 spiro atoms. The van der Waals surface area contributed by atoms with Crippen molar-refractivity contribution in [2.45, 2.75) is 37.5 Å². The number of ether oxygens (including phenoxy) is 1. The lowest BCUT2D eigenvalue weighted by Gasteiger charge is -2.38. The van der Waals surface area contributed by atoms with Crippen molar-refractivity contribution < 1.29 is 27.1 Å². The molecule has 3 aromatic rings. The molecule has 1 aromatic heterocycles. The minimum Gasteiger partial charge on any atom is -0.434 e. The Bertz CT molecular complexity index is 1430. The number of hydrogen-bond donors (Lipinski definition) is 0. The van der Waals surface area contributed by atoms with Gasteiger partial charge in [0.1, 0.15) is 11.6 Å². The highest BCUT2D eigenvalue weighted by Crippen LogP contribution is 2.49. The molecule has 1 saturated heterocycles. The molecule has 2 atom stereocenters. The molecule has 36 heavy (non-hydrogen) atoms. The van der Waals surface area contributed by atoms with Crippen LogP contribution in [-0.2, 0) is 0 Å². The molecule has 4 heterocycles. The minimum absolute atomic E-state index is 0.0166. The second-order valence-electron chi connectivity index (χ2n) is 9.44. The predicted octanol–water partition coefficient (Wildman–Crippen LogP) is 4.45. The van der Waals surface area contributed by atoms with E-state index in [1.165, 1.54) is 6.07 Å². The third kappa shape index (κ3) is 3.69. The molecule has 10 heteroatoms. The first-order chi connectivity index (χ1) is 17.2. The van der Waals surface area contributed by atoms with E-state index in [9.17, 15) is 22.4 Å². The number of amides is 1. The van der Waals surface area contributed by atoms with Gasteiger partial charge in [0, 0.05) is 43.1 Å². The SMILES string of the molecule is CN1C(=O)c2cccc(OC(F)F)c2[C@H]2CC1c1nc3ccc(C#CCCN4CC(F)(F)C4)cc3n12. The maximum Gasteiger partial charge on any atom is 0.387 e. The van der Waals surface area contributed by atoms with Crippen molar-refractivity contribution in [1.82, 2.24) is 19.4 Å². The fourth-order valence-electron chi connectivity index (χ4n) is 5.50. The first-order valence-electron chi connectivity index (χ1n) is 11.7. The van der Waals surface area contributed by atoms with Gasteiger partial charge in [0.25, 0.3) is 11.8 Å². The number of halogens is 4. The van der Waals surface area contributed by atoms with Gasteiger partial charge in [0.05, 0.1) is 36.2 Å². The lowest BCUT2D eigenvalue weighted by molar-refractivity contribution is -0.129. The summed E-state index contributed by atoms with van der Waals surface area (Å²) in [5, 5.41) is 0. The van der Waals surface area contributed by atoms with Crippen molar-refractivity contribution in [3.05, 3.63) is 58.9 Å². The van der Waals surface area contributed by atoms with E-state index in [1.54, 1.807) is 29.0 Å². The number of imidazole rings is 1. The standard InChI is InChI=1S/C26H22F4N4O2/c1-32-20-12-19(22-16(24(32)35)6-4-7-21(22)36-25(27)28)34-18-11-15(8-9-17(18)31-23(20)34)5-2-3-10-33-13-26(29,30)14-33/h4,6-9,11,19-20,25H,3,10,12-14H2,1H3/t19-,20?/m1/s1. The van der Waals surface area contributed by atoms with Crippen molar-refractivity contribution in [3.63, 3.8) is 0 Å². The van der Waals surface area contributed by atoms with Gasteiger partial charge < -0.3 is 14.2 Å². The van der Waals surface area contributed by atoms with Crippen molar-refractivity contribution in [3.8, 4) is 17.6 Å². The van der Waals surface area contributed by atoms with Crippen LogP contribution in [-0.4, -0.2) is 64.5 Å². The van der Waals surface area contributed by atoms with Gasteiger partial charge in [-0.05, 0) is 30.3 Å². The highest BCUT2D eigenvalue weighted by molar-refractivity contribution is 5.97. The molecule has 1 unspecified atom stereocenters. The van der Waals surface area contributed by atoms with Crippen LogP contribution >= 0.6 is 0 Å². The normalized spacial score (nSPS) is 22.1. The summed E-state index contributed by atoms with van der Waals surface area (Å²) in [4.78, 5) is 21.2. The average molecular weight is 498 g/mol. The quantitative estimate of drug-likeness (QED) is 0.394. The van der Waals surface area contributed by atoms with Gasteiger partial charge in [-0.2, -0.15) is 8.78 Å². The molecule has 2 bridgehead atoms. The Hall–Kier alpha value is -3.58. The zero-order valence-corrected chi connectivity index (χ0v) is 19.3. The van der Waals surface area contributed by atoms with Crippen molar-refractivity contribution in [2.24, 2.45) is 0 Å². The molecule has 2 aromatic carbocycles. The highest BCUT2D eigenvalue weighted by Gasteiger charge is 2.45.